The number of hydrogen-bond donors (Lipinski definition) is 1. The molecule has 1 fully saturated rings. The van der Waals surface area contributed by atoms with Crippen molar-refractivity contribution in [3.05, 3.63) is 12.0 Å². The maximum atomic E-state index is 4.67. The quantitative estimate of drug-likeness (QED) is 0.921. The smallest absolute Gasteiger partial charge is 0.163 e. The number of aryl methyl sites for hydroxylation is 1. The predicted molar refractivity (Wildman–Crippen MR) is 83.0 cm³/mol. The van der Waals surface area contributed by atoms with Crippen molar-refractivity contribution in [2.75, 3.05) is 30.4 Å². The SMILES string of the molecule is CNc1nc(CN2CCSCC2C)nc2c1cnn2C. The molecule has 1 N–H and O–H groups in total. The Morgan fingerprint density at radius 1 is 1.45 bits per heavy atom. The normalized spacial score (nSPS) is 20.4. The maximum absolute atomic E-state index is 4.67. The first-order valence-electron chi connectivity index (χ1n) is 6.87. The fourth-order valence-corrected chi connectivity index (χ4v) is 3.59. The first-order valence-corrected chi connectivity index (χ1v) is 8.02. The van der Waals surface area contributed by atoms with Gasteiger partial charge in [0.2, 0.25) is 0 Å². The van der Waals surface area contributed by atoms with E-state index in [1.165, 1.54) is 11.5 Å². The first-order chi connectivity index (χ1) is 9.69. The number of aromatic nitrogens is 4. The lowest BCUT2D eigenvalue weighted by Crippen LogP contribution is -2.40. The van der Waals surface area contributed by atoms with Crippen LogP contribution >= 0.6 is 11.8 Å². The zero-order valence-electron chi connectivity index (χ0n) is 12.1. The molecule has 1 atom stereocenters. The van der Waals surface area contributed by atoms with E-state index in [9.17, 15) is 0 Å². The summed E-state index contributed by atoms with van der Waals surface area (Å²) in [4.78, 5) is 11.8. The molecule has 0 amide bonds. The van der Waals surface area contributed by atoms with Gasteiger partial charge in [-0.3, -0.25) is 9.58 Å². The molecular weight excluding hydrogens is 272 g/mol. The van der Waals surface area contributed by atoms with Crippen LogP contribution in [0, 0.1) is 0 Å². The highest BCUT2D eigenvalue weighted by Gasteiger charge is 2.20. The van der Waals surface area contributed by atoms with Gasteiger partial charge >= 0.3 is 0 Å². The zero-order chi connectivity index (χ0) is 14.1. The molecule has 108 valence electrons. The molecule has 1 aliphatic rings. The Balaban J connectivity index is 1.92. The van der Waals surface area contributed by atoms with Crippen LogP contribution in [0.5, 0.6) is 0 Å². The summed E-state index contributed by atoms with van der Waals surface area (Å²) in [5, 5.41) is 8.38. The minimum absolute atomic E-state index is 0.581. The third-order valence-electron chi connectivity index (χ3n) is 3.72. The zero-order valence-corrected chi connectivity index (χ0v) is 12.9. The number of nitrogens with one attached hydrogen (secondary N) is 1. The van der Waals surface area contributed by atoms with Gasteiger partial charge in [-0.25, -0.2) is 9.97 Å². The Kier molecular flexibility index (Phi) is 3.80. The van der Waals surface area contributed by atoms with Crippen LogP contribution in [-0.4, -0.2) is 55.8 Å². The summed E-state index contributed by atoms with van der Waals surface area (Å²) in [7, 11) is 3.80. The van der Waals surface area contributed by atoms with E-state index in [0.29, 0.717) is 6.04 Å². The molecule has 2 aromatic rings. The van der Waals surface area contributed by atoms with E-state index in [4.69, 9.17) is 0 Å². The number of fused-ring (bicyclic) bond motifs is 1. The third-order valence-corrected chi connectivity index (χ3v) is 4.91. The molecule has 2 aromatic heterocycles. The summed E-state index contributed by atoms with van der Waals surface area (Å²) in [5.41, 5.74) is 0.887. The molecule has 0 saturated carbocycles. The molecule has 3 rings (SSSR count). The van der Waals surface area contributed by atoms with Crippen LogP contribution in [0.3, 0.4) is 0 Å². The molecule has 0 aromatic carbocycles. The number of thioether (sulfide) groups is 1. The Hall–Kier alpha value is -1.34. The lowest BCUT2D eigenvalue weighted by Gasteiger charge is -2.32. The highest BCUT2D eigenvalue weighted by Crippen LogP contribution is 2.21. The summed E-state index contributed by atoms with van der Waals surface area (Å²) in [5.74, 6) is 4.10. The largest absolute Gasteiger partial charge is 0.372 e. The van der Waals surface area contributed by atoms with Gasteiger partial charge in [0, 0.05) is 38.2 Å². The fraction of sp³-hybridized carbons (Fsp3) is 0.615. The van der Waals surface area contributed by atoms with E-state index < -0.39 is 0 Å². The van der Waals surface area contributed by atoms with Gasteiger partial charge in [-0.2, -0.15) is 16.9 Å². The molecule has 3 heterocycles. The van der Waals surface area contributed by atoms with Crippen molar-refractivity contribution in [2.24, 2.45) is 7.05 Å². The average Bonchev–Trinajstić information content (AvgIpc) is 2.82. The summed E-state index contributed by atoms with van der Waals surface area (Å²) < 4.78 is 1.80. The number of nitrogens with zero attached hydrogens (tertiary/aromatic N) is 5. The van der Waals surface area contributed by atoms with Crippen molar-refractivity contribution in [3.63, 3.8) is 0 Å². The molecular formula is C13H20N6S. The van der Waals surface area contributed by atoms with Gasteiger partial charge in [0.15, 0.2) is 5.65 Å². The minimum Gasteiger partial charge on any atom is -0.372 e. The summed E-state index contributed by atoms with van der Waals surface area (Å²) >= 11 is 2.02. The first kappa shape index (κ1) is 13.6. The van der Waals surface area contributed by atoms with Crippen LogP contribution in [0.4, 0.5) is 5.82 Å². The molecule has 1 aliphatic heterocycles. The summed E-state index contributed by atoms with van der Waals surface area (Å²) in [6, 6.07) is 0.581. The van der Waals surface area contributed by atoms with Crippen LogP contribution in [0.1, 0.15) is 12.7 Å². The van der Waals surface area contributed by atoms with Gasteiger partial charge in [-0.1, -0.05) is 0 Å². The van der Waals surface area contributed by atoms with Crippen LogP contribution < -0.4 is 5.32 Å². The van der Waals surface area contributed by atoms with Crippen molar-refractivity contribution < 1.29 is 0 Å². The molecule has 1 saturated heterocycles. The number of rotatable bonds is 3. The Morgan fingerprint density at radius 3 is 3.05 bits per heavy atom. The summed E-state index contributed by atoms with van der Waals surface area (Å²) in [6.07, 6.45) is 1.81. The lowest BCUT2D eigenvalue weighted by molar-refractivity contribution is 0.218. The number of hydrogen-bond acceptors (Lipinski definition) is 6. The van der Waals surface area contributed by atoms with E-state index in [1.807, 2.05) is 32.1 Å². The average molecular weight is 292 g/mol. The van der Waals surface area contributed by atoms with Crippen LogP contribution in [-0.2, 0) is 13.6 Å². The van der Waals surface area contributed by atoms with Gasteiger partial charge in [0.25, 0.3) is 0 Å². The van der Waals surface area contributed by atoms with Gasteiger partial charge in [0.1, 0.15) is 11.6 Å². The topological polar surface area (TPSA) is 58.9 Å². The third kappa shape index (κ3) is 2.47. The van der Waals surface area contributed by atoms with Gasteiger partial charge in [0.05, 0.1) is 18.1 Å². The van der Waals surface area contributed by atoms with Gasteiger partial charge in [-0.05, 0) is 6.92 Å². The highest BCUT2D eigenvalue weighted by atomic mass is 32.2. The van der Waals surface area contributed by atoms with Crippen LogP contribution in [0.2, 0.25) is 0 Å². The summed E-state index contributed by atoms with van der Waals surface area (Å²) in [6.45, 7) is 4.18. The fourth-order valence-electron chi connectivity index (χ4n) is 2.51. The van der Waals surface area contributed by atoms with Gasteiger partial charge < -0.3 is 5.32 Å². The molecule has 20 heavy (non-hydrogen) atoms. The van der Waals surface area contributed by atoms with E-state index in [1.54, 1.807) is 4.68 Å². The standard InChI is InChI=1S/C13H20N6S/c1-9-8-20-5-4-19(9)7-11-16-12(14-2)10-6-15-18(3)13(10)17-11/h6,9H,4-5,7-8H2,1-3H3,(H,14,16,17). The Labute approximate surface area is 123 Å². The van der Waals surface area contributed by atoms with Crippen molar-refractivity contribution >= 4 is 28.6 Å². The molecule has 0 aliphatic carbocycles. The van der Waals surface area contributed by atoms with Crippen molar-refractivity contribution in [2.45, 2.75) is 19.5 Å². The Morgan fingerprint density at radius 2 is 2.30 bits per heavy atom. The minimum atomic E-state index is 0.581. The second-order valence-electron chi connectivity index (χ2n) is 5.14. The molecule has 0 radical (unpaired) electrons. The second kappa shape index (κ2) is 5.57. The molecule has 0 bridgehead atoms. The molecule has 0 spiro atoms. The molecule has 7 heteroatoms. The van der Waals surface area contributed by atoms with Crippen LogP contribution in [0.15, 0.2) is 6.20 Å². The monoisotopic (exact) mass is 292 g/mol. The van der Waals surface area contributed by atoms with E-state index in [-0.39, 0.29) is 0 Å². The Bertz CT molecular complexity index is 610. The van der Waals surface area contributed by atoms with Crippen molar-refractivity contribution in [1.82, 2.24) is 24.6 Å². The lowest BCUT2D eigenvalue weighted by atomic mass is 10.3. The maximum Gasteiger partial charge on any atom is 0.163 e. The van der Waals surface area contributed by atoms with E-state index in [0.717, 1.165) is 35.8 Å². The number of anilines is 1. The van der Waals surface area contributed by atoms with E-state index in [2.05, 4.69) is 32.2 Å². The predicted octanol–water partition coefficient (Wildman–Crippen LogP) is 1.34. The van der Waals surface area contributed by atoms with Crippen molar-refractivity contribution in [1.29, 1.82) is 0 Å². The molecule has 1 unspecified atom stereocenters. The highest BCUT2D eigenvalue weighted by molar-refractivity contribution is 7.99. The molecule has 6 nitrogen and oxygen atoms in total. The second-order valence-corrected chi connectivity index (χ2v) is 6.29. The van der Waals surface area contributed by atoms with Crippen LogP contribution in [0.25, 0.3) is 11.0 Å². The van der Waals surface area contributed by atoms with E-state index >= 15 is 0 Å². The van der Waals surface area contributed by atoms with Gasteiger partial charge in [-0.15, -0.1) is 0 Å². The van der Waals surface area contributed by atoms with Crippen molar-refractivity contribution in [3.8, 4) is 0 Å².